The van der Waals surface area contributed by atoms with E-state index < -0.39 is 17.6 Å². The summed E-state index contributed by atoms with van der Waals surface area (Å²) >= 11 is 3.35. The lowest BCUT2D eigenvalue weighted by atomic mass is 10.1. The first-order chi connectivity index (χ1) is 14.8. The second kappa shape index (κ2) is 8.35. The number of nitrogens with one attached hydrogen (secondary N) is 1. The lowest BCUT2D eigenvalue weighted by molar-refractivity contribution is -0.137. The Labute approximate surface area is 182 Å². The number of pyridine rings is 1. The third-order valence-corrected chi connectivity index (χ3v) is 4.78. The molecular formula is C22H13BrF3N3O2. The number of rotatable bonds is 3. The van der Waals surface area contributed by atoms with E-state index in [2.05, 4.69) is 31.2 Å². The number of halogens is 4. The van der Waals surface area contributed by atoms with E-state index >= 15 is 0 Å². The highest BCUT2D eigenvalue weighted by atomic mass is 79.9. The smallest absolute Gasteiger partial charge is 0.418 e. The number of hydrogen-bond donors (Lipinski definition) is 1. The van der Waals surface area contributed by atoms with Crippen molar-refractivity contribution >= 4 is 44.3 Å². The number of carbonyl (C=O) groups excluding carboxylic acids is 1. The van der Waals surface area contributed by atoms with Crippen molar-refractivity contribution in [2.24, 2.45) is 4.99 Å². The molecule has 31 heavy (non-hydrogen) atoms. The van der Waals surface area contributed by atoms with Crippen LogP contribution < -0.4 is 10.9 Å². The number of carbonyl (C=O) groups is 1. The highest BCUT2D eigenvalue weighted by Crippen LogP contribution is 2.35. The molecule has 4 rings (SSSR count). The maximum absolute atomic E-state index is 13.4. The standard InChI is InChI=1S/C22H13BrF3N3O2/c23-14-8-9-18-13(11-14)12-15(20(30)29-19-7-3-4-10-27-19)21(31-18)28-17-6-2-1-5-16(17)22(24,25)26/h1-12H,(H,27,29,30). The Morgan fingerprint density at radius 1 is 1.03 bits per heavy atom. The zero-order valence-corrected chi connectivity index (χ0v) is 17.2. The first kappa shape index (κ1) is 20.8. The minimum atomic E-state index is -4.61. The summed E-state index contributed by atoms with van der Waals surface area (Å²) in [5.74, 6) is -0.337. The number of fused-ring (bicyclic) bond motifs is 1. The van der Waals surface area contributed by atoms with Gasteiger partial charge in [0.25, 0.3) is 5.91 Å². The second-order valence-corrected chi connectivity index (χ2v) is 7.36. The number of para-hydroxylation sites is 1. The molecule has 0 spiro atoms. The van der Waals surface area contributed by atoms with Crippen LogP contribution >= 0.6 is 15.9 Å². The van der Waals surface area contributed by atoms with E-state index in [0.717, 1.165) is 10.5 Å². The van der Waals surface area contributed by atoms with Gasteiger partial charge in [0.2, 0.25) is 5.55 Å². The molecule has 0 aliphatic rings. The molecule has 156 valence electrons. The van der Waals surface area contributed by atoms with Gasteiger partial charge in [0.05, 0.1) is 11.3 Å². The van der Waals surface area contributed by atoms with Crippen molar-refractivity contribution in [2.45, 2.75) is 6.18 Å². The van der Waals surface area contributed by atoms with Gasteiger partial charge < -0.3 is 9.73 Å². The van der Waals surface area contributed by atoms with Gasteiger partial charge in [0.15, 0.2) is 0 Å². The minimum Gasteiger partial charge on any atom is -0.438 e. The summed E-state index contributed by atoms with van der Waals surface area (Å²) in [6.07, 6.45) is -3.11. The van der Waals surface area contributed by atoms with Gasteiger partial charge in [-0.15, -0.1) is 0 Å². The predicted octanol–water partition coefficient (Wildman–Crippen LogP) is 6.09. The molecule has 9 heteroatoms. The summed E-state index contributed by atoms with van der Waals surface area (Å²) in [6.45, 7) is 0. The van der Waals surface area contributed by atoms with Crippen LogP contribution in [0.25, 0.3) is 11.0 Å². The Hall–Kier alpha value is -3.46. The molecule has 0 aliphatic heterocycles. The average molecular weight is 488 g/mol. The number of amides is 1. The molecule has 1 amide bonds. The molecular weight excluding hydrogens is 475 g/mol. The molecule has 0 saturated carbocycles. The van der Waals surface area contributed by atoms with E-state index in [0.29, 0.717) is 11.0 Å². The fourth-order valence-electron chi connectivity index (χ4n) is 2.89. The zero-order chi connectivity index (χ0) is 22.0. The van der Waals surface area contributed by atoms with Gasteiger partial charge in [-0.05, 0) is 48.5 Å². The summed E-state index contributed by atoms with van der Waals surface area (Å²) in [4.78, 5) is 21.0. The van der Waals surface area contributed by atoms with Crippen molar-refractivity contribution in [1.29, 1.82) is 0 Å². The molecule has 2 aromatic heterocycles. The number of benzene rings is 2. The summed E-state index contributed by atoms with van der Waals surface area (Å²) in [6, 6.07) is 16.4. The molecule has 0 radical (unpaired) electrons. The van der Waals surface area contributed by atoms with E-state index in [4.69, 9.17) is 4.42 Å². The molecule has 0 bridgehead atoms. The molecule has 0 aliphatic carbocycles. The lowest BCUT2D eigenvalue weighted by Crippen LogP contribution is -2.22. The maximum Gasteiger partial charge on any atom is 0.418 e. The van der Waals surface area contributed by atoms with Crippen LogP contribution in [0.5, 0.6) is 0 Å². The molecule has 1 N–H and O–H groups in total. The molecule has 0 atom stereocenters. The second-order valence-electron chi connectivity index (χ2n) is 6.44. The van der Waals surface area contributed by atoms with Gasteiger partial charge in [0.1, 0.15) is 17.0 Å². The minimum absolute atomic E-state index is 0.0340. The summed E-state index contributed by atoms with van der Waals surface area (Å²) in [5.41, 5.74) is -1.21. The van der Waals surface area contributed by atoms with Crippen molar-refractivity contribution in [3.05, 3.63) is 94.1 Å². The number of nitrogens with zero attached hydrogens (tertiary/aromatic N) is 2. The number of hydrogen-bond acceptors (Lipinski definition) is 4. The van der Waals surface area contributed by atoms with E-state index in [1.165, 1.54) is 30.5 Å². The molecule has 0 unspecified atom stereocenters. The number of aromatic nitrogens is 1. The summed E-state index contributed by atoms with van der Waals surface area (Å²) < 4.78 is 46.7. The van der Waals surface area contributed by atoms with Crippen molar-refractivity contribution in [3.8, 4) is 0 Å². The van der Waals surface area contributed by atoms with Crippen molar-refractivity contribution in [2.75, 3.05) is 5.32 Å². The highest BCUT2D eigenvalue weighted by molar-refractivity contribution is 9.10. The third-order valence-electron chi connectivity index (χ3n) is 4.29. The normalized spacial score (nSPS) is 12.2. The van der Waals surface area contributed by atoms with Gasteiger partial charge in [-0.3, -0.25) is 4.79 Å². The van der Waals surface area contributed by atoms with Crippen molar-refractivity contribution in [3.63, 3.8) is 0 Å². The highest BCUT2D eigenvalue weighted by Gasteiger charge is 2.33. The molecule has 5 nitrogen and oxygen atoms in total. The number of anilines is 1. The molecule has 4 aromatic rings. The molecule has 0 saturated heterocycles. The Balaban J connectivity index is 1.92. The van der Waals surface area contributed by atoms with Gasteiger partial charge in [-0.1, -0.05) is 34.1 Å². The van der Waals surface area contributed by atoms with Crippen LogP contribution in [0.3, 0.4) is 0 Å². The number of alkyl halides is 3. The average Bonchev–Trinajstić information content (AvgIpc) is 2.74. The third kappa shape index (κ3) is 4.66. The predicted molar refractivity (Wildman–Crippen MR) is 113 cm³/mol. The van der Waals surface area contributed by atoms with Gasteiger partial charge in [-0.2, -0.15) is 13.2 Å². The lowest BCUT2D eigenvalue weighted by Gasteiger charge is -2.10. The van der Waals surface area contributed by atoms with Crippen LogP contribution in [-0.2, 0) is 6.18 Å². The van der Waals surface area contributed by atoms with Crippen LogP contribution in [0.4, 0.5) is 24.7 Å². The first-order valence-electron chi connectivity index (χ1n) is 8.98. The van der Waals surface area contributed by atoms with Gasteiger partial charge >= 0.3 is 6.18 Å². The molecule has 2 aromatic carbocycles. The fourth-order valence-corrected chi connectivity index (χ4v) is 3.27. The largest absolute Gasteiger partial charge is 0.438 e. The Bertz CT molecular complexity index is 1340. The SMILES string of the molecule is O=C(Nc1ccccn1)c1cc2cc(Br)ccc2oc1=Nc1ccccc1C(F)(F)F. The van der Waals surface area contributed by atoms with Crippen molar-refractivity contribution in [1.82, 2.24) is 4.98 Å². The summed E-state index contributed by atoms with van der Waals surface area (Å²) in [5, 5.41) is 3.18. The quantitative estimate of drug-likeness (QED) is 0.380. The van der Waals surface area contributed by atoms with E-state index in [-0.39, 0.29) is 22.6 Å². The Morgan fingerprint density at radius 3 is 2.55 bits per heavy atom. The fraction of sp³-hybridized carbons (Fsp3) is 0.0455. The Kier molecular flexibility index (Phi) is 5.60. The van der Waals surface area contributed by atoms with Crippen LogP contribution in [0, 0.1) is 0 Å². The molecule has 2 heterocycles. The van der Waals surface area contributed by atoms with Crippen LogP contribution in [0.15, 0.2) is 86.8 Å². The van der Waals surface area contributed by atoms with Crippen LogP contribution in [-0.4, -0.2) is 10.9 Å². The van der Waals surface area contributed by atoms with E-state index in [1.807, 2.05) is 0 Å². The van der Waals surface area contributed by atoms with E-state index in [9.17, 15) is 18.0 Å². The maximum atomic E-state index is 13.4. The van der Waals surface area contributed by atoms with Crippen molar-refractivity contribution < 1.29 is 22.4 Å². The van der Waals surface area contributed by atoms with Gasteiger partial charge in [0, 0.05) is 16.1 Å². The zero-order valence-electron chi connectivity index (χ0n) is 15.7. The van der Waals surface area contributed by atoms with Crippen LogP contribution in [0.1, 0.15) is 15.9 Å². The topological polar surface area (TPSA) is 67.5 Å². The first-order valence-corrected chi connectivity index (χ1v) is 9.77. The summed E-state index contributed by atoms with van der Waals surface area (Å²) in [7, 11) is 0. The molecule has 0 fully saturated rings. The van der Waals surface area contributed by atoms with Crippen LogP contribution in [0.2, 0.25) is 0 Å². The monoisotopic (exact) mass is 487 g/mol. The van der Waals surface area contributed by atoms with Gasteiger partial charge in [-0.25, -0.2) is 9.98 Å². The van der Waals surface area contributed by atoms with E-state index in [1.54, 1.807) is 36.4 Å². The Morgan fingerprint density at radius 2 is 1.81 bits per heavy atom.